The third-order valence-corrected chi connectivity index (χ3v) is 6.62. The lowest BCUT2D eigenvalue weighted by atomic mass is 10.1. The first-order valence-corrected chi connectivity index (χ1v) is 10.6. The van der Waals surface area contributed by atoms with Gasteiger partial charge in [-0.05, 0) is 49.6 Å². The van der Waals surface area contributed by atoms with Gasteiger partial charge in [-0.3, -0.25) is 0 Å². The molecule has 0 bridgehead atoms. The number of aryl methyl sites for hydroxylation is 2. The van der Waals surface area contributed by atoms with Gasteiger partial charge in [-0.15, -0.1) is 0 Å². The van der Waals surface area contributed by atoms with E-state index in [0.29, 0.717) is 21.7 Å². The summed E-state index contributed by atoms with van der Waals surface area (Å²) in [5, 5.41) is 1.62. The highest BCUT2D eigenvalue weighted by Crippen LogP contribution is 2.35. The van der Waals surface area contributed by atoms with E-state index in [1.165, 1.54) is 4.31 Å². The lowest BCUT2D eigenvalue weighted by Crippen LogP contribution is -2.26. The first-order chi connectivity index (χ1) is 13.5. The van der Waals surface area contributed by atoms with Crippen LogP contribution in [0.5, 0.6) is 0 Å². The minimum Gasteiger partial charge on any atom is -0.235 e. The zero-order chi connectivity index (χ0) is 19.7. The van der Waals surface area contributed by atoms with E-state index in [1.807, 2.05) is 92.7 Å². The molecule has 0 aliphatic rings. The Morgan fingerprint density at radius 2 is 1.11 bits per heavy atom. The molecule has 0 spiro atoms. The number of anilines is 2. The summed E-state index contributed by atoms with van der Waals surface area (Å²) in [7, 11) is -3.83. The minimum absolute atomic E-state index is 0.298. The zero-order valence-electron chi connectivity index (χ0n) is 15.8. The van der Waals surface area contributed by atoms with Crippen molar-refractivity contribution in [1.29, 1.82) is 0 Å². The number of hydrogen-bond acceptors (Lipinski definition) is 2. The molecule has 0 radical (unpaired) electrons. The summed E-state index contributed by atoms with van der Waals surface area (Å²) in [4.78, 5) is 0.298. The van der Waals surface area contributed by atoms with Crippen LogP contribution in [0.3, 0.4) is 0 Å². The van der Waals surface area contributed by atoms with Crippen molar-refractivity contribution in [2.24, 2.45) is 0 Å². The second kappa shape index (κ2) is 7.13. The number of fused-ring (bicyclic) bond motifs is 1. The van der Waals surface area contributed by atoms with Gasteiger partial charge in [0.05, 0.1) is 16.3 Å². The standard InChI is InChI=1S/C24H21NO2S/c1-18-10-14-21(15-11-18)25(22-16-12-19(2)13-17-22)28(26,27)24-9-5-7-20-6-3-4-8-23(20)24/h3-17H,1-2H3. The Bertz CT molecular complexity index is 1180. The molecule has 0 heterocycles. The van der Waals surface area contributed by atoms with Crippen LogP contribution >= 0.6 is 0 Å². The van der Waals surface area contributed by atoms with Crippen molar-refractivity contribution in [3.05, 3.63) is 102 Å². The molecule has 0 unspecified atom stereocenters. The third kappa shape index (κ3) is 3.27. The average molecular weight is 388 g/mol. The minimum atomic E-state index is -3.83. The smallest absolute Gasteiger partial charge is 0.235 e. The van der Waals surface area contributed by atoms with Crippen LogP contribution in [0.1, 0.15) is 11.1 Å². The second-order valence-electron chi connectivity index (χ2n) is 6.92. The molecule has 0 saturated carbocycles. The van der Waals surface area contributed by atoms with E-state index >= 15 is 0 Å². The second-order valence-corrected chi connectivity index (χ2v) is 8.67. The zero-order valence-corrected chi connectivity index (χ0v) is 16.6. The van der Waals surface area contributed by atoms with Gasteiger partial charge in [-0.2, -0.15) is 0 Å². The molecule has 140 valence electrons. The Morgan fingerprint density at radius 1 is 0.607 bits per heavy atom. The van der Waals surface area contributed by atoms with Gasteiger partial charge in [-0.1, -0.05) is 71.8 Å². The van der Waals surface area contributed by atoms with Gasteiger partial charge in [0.2, 0.25) is 0 Å². The van der Waals surface area contributed by atoms with E-state index in [2.05, 4.69) is 0 Å². The van der Waals surface area contributed by atoms with Crippen molar-refractivity contribution >= 4 is 32.2 Å². The van der Waals surface area contributed by atoms with Gasteiger partial charge >= 0.3 is 0 Å². The van der Waals surface area contributed by atoms with Crippen molar-refractivity contribution < 1.29 is 8.42 Å². The van der Waals surface area contributed by atoms with Crippen molar-refractivity contribution in [1.82, 2.24) is 0 Å². The van der Waals surface area contributed by atoms with Gasteiger partial charge in [0.1, 0.15) is 0 Å². The summed E-state index contributed by atoms with van der Waals surface area (Å²) in [6.45, 7) is 3.97. The van der Waals surface area contributed by atoms with Crippen LogP contribution in [0.4, 0.5) is 11.4 Å². The third-order valence-electron chi connectivity index (χ3n) is 4.80. The largest absolute Gasteiger partial charge is 0.269 e. The molecule has 0 aliphatic carbocycles. The quantitative estimate of drug-likeness (QED) is 0.432. The number of sulfonamides is 1. The van der Waals surface area contributed by atoms with Crippen LogP contribution in [-0.4, -0.2) is 8.42 Å². The van der Waals surface area contributed by atoms with Crippen molar-refractivity contribution in [3.8, 4) is 0 Å². The van der Waals surface area contributed by atoms with Crippen LogP contribution in [0, 0.1) is 13.8 Å². The molecule has 0 fully saturated rings. The monoisotopic (exact) mass is 387 g/mol. The topological polar surface area (TPSA) is 37.4 Å². The molecular formula is C24H21NO2S. The van der Waals surface area contributed by atoms with Gasteiger partial charge in [0, 0.05) is 5.39 Å². The van der Waals surface area contributed by atoms with Gasteiger partial charge in [0.25, 0.3) is 10.0 Å². The molecule has 28 heavy (non-hydrogen) atoms. The average Bonchev–Trinajstić information content (AvgIpc) is 2.70. The van der Waals surface area contributed by atoms with E-state index in [0.717, 1.165) is 16.5 Å². The Morgan fingerprint density at radius 3 is 1.68 bits per heavy atom. The summed E-state index contributed by atoms with van der Waals surface area (Å²) in [6, 6.07) is 28.0. The van der Waals surface area contributed by atoms with Gasteiger partial charge in [0.15, 0.2) is 0 Å². The predicted octanol–water partition coefficient (Wildman–Crippen LogP) is 5.98. The molecule has 4 rings (SSSR count). The molecule has 0 saturated heterocycles. The normalized spacial score (nSPS) is 11.5. The number of rotatable bonds is 4. The summed E-state index contributed by atoms with van der Waals surface area (Å²) in [5.41, 5.74) is 3.38. The van der Waals surface area contributed by atoms with E-state index in [9.17, 15) is 8.42 Å². The van der Waals surface area contributed by atoms with Crippen LogP contribution in [0.2, 0.25) is 0 Å². The van der Waals surface area contributed by atoms with Crippen LogP contribution in [0.15, 0.2) is 95.9 Å². The Balaban J connectivity index is 1.97. The number of hydrogen-bond donors (Lipinski definition) is 0. The molecule has 4 aromatic rings. The molecule has 3 nitrogen and oxygen atoms in total. The molecular weight excluding hydrogens is 366 g/mol. The maximum Gasteiger partial charge on any atom is 0.269 e. The maximum atomic E-state index is 13.8. The van der Waals surface area contributed by atoms with E-state index in [1.54, 1.807) is 12.1 Å². The fourth-order valence-corrected chi connectivity index (χ4v) is 5.02. The van der Waals surface area contributed by atoms with E-state index in [-0.39, 0.29) is 0 Å². The fourth-order valence-electron chi connectivity index (χ4n) is 3.31. The fraction of sp³-hybridized carbons (Fsp3) is 0.0833. The maximum absolute atomic E-state index is 13.8. The summed E-state index contributed by atoms with van der Waals surface area (Å²) < 4.78 is 29.1. The molecule has 4 heteroatoms. The lowest BCUT2D eigenvalue weighted by molar-refractivity contribution is 0.597. The highest BCUT2D eigenvalue weighted by Gasteiger charge is 2.28. The molecule has 0 aliphatic heterocycles. The van der Waals surface area contributed by atoms with Crippen molar-refractivity contribution in [2.75, 3.05) is 4.31 Å². The molecule has 0 atom stereocenters. The Kier molecular flexibility index (Phi) is 4.65. The van der Waals surface area contributed by atoms with Gasteiger partial charge in [-0.25, -0.2) is 12.7 Å². The van der Waals surface area contributed by atoms with Crippen LogP contribution in [0.25, 0.3) is 10.8 Å². The highest BCUT2D eigenvalue weighted by molar-refractivity contribution is 7.93. The first kappa shape index (κ1) is 18.3. The summed E-state index contributed by atoms with van der Waals surface area (Å²) in [5.74, 6) is 0. The predicted molar refractivity (Wildman–Crippen MR) is 116 cm³/mol. The highest BCUT2D eigenvalue weighted by atomic mass is 32.2. The molecule has 0 N–H and O–H groups in total. The van der Waals surface area contributed by atoms with Crippen molar-refractivity contribution in [2.45, 2.75) is 18.7 Å². The number of benzene rings is 4. The van der Waals surface area contributed by atoms with Crippen molar-refractivity contribution in [3.63, 3.8) is 0 Å². The van der Waals surface area contributed by atoms with Crippen LogP contribution in [-0.2, 0) is 10.0 Å². The Hall–Kier alpha value is -3.11. The molecule has 4 aromatic carbocycles. The molecule has 0 amide bonds. The number of nitrogens with zero attached hydrogens (tertiary/aromatic N) is 1. The Labute approximate surface area is 165 Å². The lowest BCUT2D eigenvalue weighted by Gasteiger charge is -2.25. The van der Waals surface area contributed by atoms with Crippen LogP contribution < -0.4 is 4.31 Å². The summed E-state index contributed by atoms with van der Waals surface area (Å²) in [6.07, 6.45) is 0. The first-order valence-electron chi connectivity index (χ1n) is 9.13. The van der Waals surface area contributed by atoms with E-state index in [4.69, 9.17) is 0 Å². The SMILES string of the molecule is Cc1ccc(N(c2ccc(C)cc2)S(=O)(=O)c2cccc3ccccc23)cc1. The van der Waals surface area contributed by atoms with E-state index < -0.39 is 10.0 Å². The molecule has 0 aromatic heterocycles. The summed E-state index contributed by atoms with van der Waals surface area (Å²) >= 11 is 0. The van der Waals surface area contributed by atoms with Gasteiger partial charge < -0.3 is 0 Å².